The van der Waals surface area contributed by atoms with Crippen LogP contribution in [-0.4, -0.2) is 29.7 Å². The van der Waals surface area contributed by atoms with Gasteiger partial charge in [0.15, 0.2) is 0 Å². The van der Waals surface area contributed by atoms with E-state index in [0.29, 0.717) is 6.54 Å². The topological polar surface area (TPSA) is 29.5 Å². The van der Waals surface area contributed by atoms with Crippen molar-refractivity contribution in [1.82, 2.24) is 4.90 Å². The summed E-state index contributed by atoms with van der Waals surface area (Å²) in [5, 5.41) is 2.08. The quantitative estimate of drug-likeness (QED) is 0.749. The average molecular weight is 344 g/mol. The fourth-order valence-corrected chi connectivity index (χ4v) is 3.37. The number of carbonyl (C=O) groups excluding carboxylic acids is 1. The molecular formula is C14H18BrNO2S. The van der Waals surface area contributed by atoms with Crippen LogP contribution in [0.4, 0.5) is 4.79 Å². The third kappa shape index (κ3) is 4.08. The maximum absolute atomic E-state index is 11.9. The SMILES string of the molecule is CC(C)(C)OC(=O)N1CC=C(c2cc(Br)cs2)CC1. The number of halogens is 1. The fraction of sp³-hybridized carbons (Fsp3) is 0.500. The molecule has 0 aliphatic carbocycles. The highest BCUT2D eigenvalue weighted by atomic mass is 79.9. The summed E-state index contributed by atoms with van der Waals surface area (Å²) < 4.78 is 6.49. The highest BCUT2D eigenvalue weighted by Crippen LogP contribution is 2.30. The molecule has 2 heterocycles. The molecule has 1 aliphatic rings. The number of thiophene rings is 1. The van der Waals surface area contributed by atoms with Crippen LogP contribution < -0.4 is 0 Å². The summed E-state index contributed by atoms with van der Waals surface area (Å²) >= 11 is 5.19. The summed E-state index contributed by atoms with van der Waals surface area (Å²) in [7, 11) is 0. The zero-order valence-electron chi connectivity index (χ0n) is 11.4. The van der Waals surface area contributed by atoms with Gasteiger partial charge >= 0.3 is 6.09 Å². The van der Waals surface area contributed by atoms with Crippen molar-refractivity contribution in [1.29, 1.82) is 0 Å². The third-order valence-electron chi connectivity index (χ3n) is 2.74. The van der Waals surface area contributed by atoms with Crippen molar-refractivity contribution in [3.05, 3.63) is 26.9 Å². The van der Waals surface area contributed by atoms with Gasteiger partial charge < -0.3 is 9.64 Å². The molecule has 0 aromatic carbocycles. The van der Waals surface area contributed by atoms with Crippen molar-refractivity contribution < 1.29 is 9.53 Å². The van der Waals surface area contributed by atoms with Crippen molar-refractivity contribution in [2.24, 2.45) is 0 Å². The van der Waals surface area contributed by atoms with Crippen molar-refractivity contribution in [2.45, 2.75) is 32.8 Å². The first-order chi connectivity index (χ1) is 8.85. The van der Waals surface area contributed by atoms with E-state index >= 15 is 0 Å². The van der Waals surface area contributed by atoms with Gasteiger partial charge in [-0.15, -0.1) is 11.3 Å². The molecule has 2 rings (SSSR count). The minimum absolute atomic E-state index is 0.227. The Labute approximate surface area is 126 Å². The van der Waals surface area contributed by atoms with E-state index in [4.69, 9.17) is 4.74 Å². The summed E-state index contributed by atoms with van der Waals surface area (Å²) in [6, 6.07) is 2.12. The summed E-state index contributed by atoms with van der Waals surface area (Å²) in [5.74, 6) is 0. The van der Waals surface area contributed by atoms with Gasteiger partial charge in [0.25, 0.3) is 0 Å². The molecule has 1 aliphatic heterocycles. The van der Waals surface area contributed by atoms with Gasteiger partial charge in [-0.3, -0.25) is 0 Å². The number of rotatable bonds is 1. The third-order valence-corrected chi connectivity index (χ3v) is 4.51. The molecule has 1 aromatic heterocycles. The van der Waals surface area contributed by atoms with E-state index in [9.17, 15) is 4.79 Å². The second-order valence-electron chi connectivity index (χ2n) is 5.53. The maximum atomic E-state index is 11.9. The van der Waals surface area contributed by atoms with E-state index in [0.717, 1.165) is 17.4 Å². The molecule has 0 radical (unpaired) electrons. The van der Waals surface area contributed by atoms with Crippen LogP contribution in [-0.2, 0) is 4.74 Å². The smallest absolute Gasteiger partial charge is 0.410 e. The van der Waals surface area contributed by atoms with Gasteiger partial charge in [-0.1, -0.05) is 6.08 Å². The minimum atomic E-state index is -0.431. The van der Waals surface area contributed by atoms with Gasteiger partial charge in [0.05, 0.1) is 0 Å². The van der Waals surface area contributed by atoms with Crippen LogP contribution in [0.25, 0.3) is 5.57 Å². The molecule has 0 saturated heterocycles. The number of carbonyl (C=O) groups is 1. The Morgan fingerprint density at radius 2 is 2.21 bits per heavy atom. The second kappa shape index (κ2) is 5.67. The minimum Gasteiger partial charge on any atom is -0.444 e. The standard InChI is InChI=1S/C14H18BrNO2S/c1-14(2,3)18-13(17)16-6-4-10(5-7-16)12-8-11(15)9-19-12/h4,8-9H,5-7H2,1-3H3. The van der Waals surface area contributed by atoms with Crippen molar-refractivity contribution >= 4 is 38.9 Å². The van der Waals surface area contributed by atoms with Crippen LogP contribution in [0.3, 0.4) is 0 Å². The zero-order chi connectivity index (χ0) is 14.0. The molecule has 0 N–H and O–H groups in total. The largest absolute Gasteiger partial charge is 0.444 e. The molecule has 1 amide bonds. The Bertz CT molecular complexity index is 502. The summed E-state index contributed by atoms with van der Waals surface area (Å²) in [6.45, 7) is 7.01. The first-order valence-electron chi connectivity index (χ1n) is 6.26. The Balaban J connectivity index is 1.98. The highest BCUT2D eigenvalue weighted by Gasteiger charge is 2.24. The number of ether oxygens (including phenoxy) is 1. The van der Waals surface area contributed by atoms with Gasteiger partial charge in [0, 0.05) is 27.8 Å². The summed E-state index contributed by atoms with van der Waals surface area (Å²) in [4.78, 5) is 15.0. The monoisotopic (exact) mass is 343 g/mol. The lowest BCUT2D eigenvalue weighted by Crippen LogP contribution is -2.39. The van der Waals surface area contributed by atoms with Gasteiger partial charge in [0.1, 0.15) is 5.60 Å². The lowest BCUT2D eigenvalue weighted by atomic mass is 10.1. The molecule has 0 atom stereocenters. The van der Waals surface area contributed by atoms with Gasteiger partial charge in [-0.05, 0) is 54.8 Å². The van der Waals surface area contributed by atoms with Gasteiger partial charge in [0.2, 0.25) is 0 Å². The van der Waals surface area contributed by atoms with E-state index in [2.05, 4.69) is 33.5 Å². The average Bonchev–Trinajstić information content (AvgIpc) is 2.74. The van der Waals surface area contributed by atoms with Gasteiger partial charge in [-0.25, -0.2) is 4.79 Å². The van der Waals surface area contributed by atoms with E-state index in [1.807, 2.05) is 20.8 Å². The lowest BCUT2D eigenvalue weighted by Gasteiger charge is -2.29. The zero-order valence-corrected chi connectivity index (χ0v) is 13.8. The molecule has 1 aromatic rings. The highest BCUT2D eigenvalue weighted by molar-refractivity contribution is 9.10. The normalized spacial score (nSPS) is 16.2. The molecular weight excluding hydrogens is 326 g/mol. The summed E-state index contributed by atoms with van der Waals surface area (Å²) in [5.41, 5.74) is 0.884. The second-order valence-corrected chi connectivity index (χ2v) is 7.36. The predicted molar refractivity (Wildman–Crippen MR) is 82.4 cm³/mol. The number of amides is 1. The van der Waals surface area contributed by atoms with Crippen LogP contribution >= 0.6 is 27.3 Å². The van der Waals surface area contributed by atoms with Crippen LogP contribution in [0.2, 0.25) is 0 Å². The molecule has 0 bridgehead atoms. The maximum Gasteiger partial charge on any atom is 0.410 e. The molecule has 0 fully saturated rings. The lowest BCUT2D eigenvalue weighted by molar-refractivity contribution is 0.0270. The number of hydrogen-bond donors (Lipinski definition) is 0. The molecule has 0 spiro atoms. The van der Waals surface area contributed by atoms with Crippen LogP contribution in [0.5, 0.6) is 0 Å². The van der Waals surface area contributed by atoms with E-state index in [-0.39, 0.29) is 6.09 Å². The Morgan fingerprint density at radius 3 is 2.68 bits per heavy atom. The van der Waals surface area contributed by atoms with Gasteiger partial charge in [-0.2, -0.15) is 0 Å². The molecule has 3 nitrogen and oxygen atoms in total. The van der Waals surface area contributed by atoms with Crippen LogP contribution in [0.15, 0.2) is 22.0 Å². The van der Waals surface area contributed by atoms with E-state index < -0.39 is 5.60 Å². The molecule has 19 heavy (non-hydrogen) atoms. The molecule has 0 unspecified atom stereocenters. The van der Waals surface area contributed by atoms with E-state index in [1.54, 1.807) is 16.2 Å². The van der Waals surface area contributed by atoms with Crippen molar-refractivity contribution in [3.8, 4) is 0 Å². The first kappa shape index (κ1) is 14.6. The number of nitrogens with zero attached hydrogens (tertiary/aromatic N) is 1. The summed E-state index contributed by atoms with van der Waals surface area (Å²) in [6.07, 6.45) is 2.77. The Morgan fingerprint density at radius 1 is 1.47 bits per heavy atom. The Hall–Kier alpha value is -0.810. The van der Waals surface area contributed by atoms with E-state index in [1.165, 1.54) is 10.5 Å². The number of hydrogen-bond acceptors (Lipinski definition) is 3. The van der Waals surface area contributed by atoms with Crippen LogP contribution in [0, 0.1) is 0 Å². The fourth-order valence-electron chi connectivity index (χ4n) is 1.87. The molecule has 5 heteroatoms. The Kier molecular flexibility index (Phi) is 4.36. The van der Waals surface area contributed by atoms with Crippen molar-refractivity contribution in [2.75, 3.05) is 13.1 Å². The molecule has 104 valence electrons. The molecule has 0 saturated carbocycles. The van der Waals surface area contributed by atoms with Crippen molar-refractivity contribution in [3.63, 3.8) is 0 Å². The van der Waals surface area contributed by atoms with Crippen LogP contribution in [0.1, 0.15) is 32.1 Å². The predicted octanol–water partition coefficient (Wildman–Crippen LogP) is 4.53. The first-order valence-corrected chi connectivity index (χ1v) is 7.94.